The summed E-state index contributed by atoms with van der Waals surface area (Å²) in [4.78, 5) is 11.8. The van der Waals surface area contributed by atoms with Crippen molar-refractivity contribution >= 4 is 21.8 Å². The number of rotatable bonds is 6. The number of amides is 1. The summed E-state index contributed by atoms with van der Waals surface area (Å²) in [6.45, 7) is 4.67. The first-order chi connectivity index (χ1) is 8.52. The lowest BCUT2D eigenvalue weighted by atomic mass is 10.1. The Morgan fingerprint density at radius 1 is 1.28 bits per heavy atom. The van der Waals surface area contributed by atoms with Gasteiger partial charge in [-0.3, -0.25) is 4.79 Å². The van der Waals surface area contributed by atoms with E-state index in [2.05, 4.69) is 38.7 Å². The highest BCUT2D eigenvalue weighted by Crippen LogP contribution is 2.12. The van der Waals surface area contributed by atoms with Crippen LogP contribution in [0.3, 0.4) is 0 Å². The van der Waals surface area contributed by atoms with Gasteiger partial charge in [0.15, 0.2) is 0 Å². The Bertz CT molecular complexity index is 378. The smallest absolute Gasteiger partial charge is 0.224 e. The van der Waals surface area contributed by atoms with Gasteiger partial charge in [-0.15, -0.1) is 0 Å². The Balaban J connectivity index is 2.43. The quantitative estimate of drug-likeness (QED) is 0.846. The Hall–Kier alpha value is -0.870. The highest BCUT2D eigenvalue weighted by Gasteiger charge is 2.14. The molecule has 0 aliphatic heterocycles. The first-order valence-electron chi connectivity index (χ1n) is 6.22. The molecule has 0 saturated carbocycles. The van der Waals surface area contributed by atoms with E-state index in [-0.39, 0.29) is 17.9 Å². The third-order valence-corrected chi connectivity index (χ3v) is 3.33. The Labute approximate surface area is 117 Å². The summed E-state index contributed by atoms with van der Waals surface area (Å²) < 4.78 is 1.07. The summed E-state index contributed by atoms with van der Waals surface area (Å²) in [6.07, 6.45) is 0.852. The molecule has 2 atom stereocenters. The second kappa shape index (κ2) is 7.54. The maximum absolute atomic E-state index is 11.8. The summed E-state index contributed by atoms with van der Waals surface area (Å²) >= 11 is 3.41. The van der Waals surface area contributed by atoms with Gasteiger partial charge in [-0.2, -0.15) is 0 Å². The molecule has 1 rings (SSSR count). The molecule has 100 valence electrons. The molecule has 1 amide bonds. The van der Waals surface area contributed by atoms with E-state index in [1.54, 1.807) is 0 Å². The lowest BCUT2D eigenvalue weighted by Crippen LogP contribution is -2.40. The van der Waals surface area contributed by atoms with Gasteiger partial charge in [0, 0.05) is 23.0 Å². The summed E-state index contributed by atoms with van der Waals surface area (Å²) in [5.41, 5.74) is 1.23. The van der Waals surface area contributed by atoms with Crippen molar-refractivity contribution in [2.24, 2.45) is 5.92 Å². The molecule has 0 heterocycles. The zero-order valence-corrected chi connectivity index (χ0v) is 12.8. The van der Waals surface area contributed by atoms with E-state index >= 15 is 0 Å². The molecule has 0 aromatic heterocycles. The molecule has 1 aromatic rings. The molecule has 18 heavy (non-hydrogen) atoms. The Morgan fingerprint density at radius 2 is 1.89 bits per heavy atom. The number of benzene rings is 1. The van der Waals surface area contributed by atoms with Crippen LogP contribution in [-0.2, 0) is 11.2 Å². The van der Waals surface area contributed by atoms with Crippen LogP contribution >= 0.6 is 15.9 Å². The average molecular weight is 313 g/mol. The third-order valence-electron chi connectivity index (χ3n) is 2.80. The standard InChI is InChI=1S/C14H21BrN2O/c1-10(9-16-3)14(18)17-11(2)8-12-4-6-13(15)7-5-12/h4-7,10-11,16H,8-9H2,1-3H3,(H,17,18). The lowest BCUT2D eigenvalue weighted by Gasteiger charge is -2.17. The van der Waals surface area contributed by atoms with Gasteiger partial charge in [0.25, 0.3) is 0 Å². The zero-order valence-electron chi connectivity index (χ0n) is 11.2. The van der Waals surface area contributed by atoms with E-state index < -0.39 is 0 Å². The Kier molecular flexibility index (Phi) is 6.36. The maximum Gasteiger partial charge on any atom is 0.224 e. The van der Waals surface area contributed by atoms with Crippen LogP contribution in [0.25, 0.3) is 0 Å². The van der Waals surface area contributed by atoms with Gasteiger partial charge >= 0.3 is 0 Å². The van der Waals surface area contributed by atoms with Crippen LogP contribution in [0.15, 0.2) is 28.7 Å². The van der Waals surface area contributed by atoms with Crippen LogP contribution in [0.4, 0.5) is 0 Å². The molecule has 2 N–H and O–H groups in total. The number of carbonyl (C=O) groups excluding carboxylic acids is 1. The lowest BCUT2D eigenvalue weighted by molar-refractivity contribution is -0.124. The normalized spacial score (nSPS) is 14.0. The topological polar surface area (TPSA) is 41.1 Å². The summed E-state index contributed by atoms with van der Waals surface area (Å²) in [6, 6.07) is 8.34. The largest absolute Gasteiger partial charge is 0.353 e. The second-order valence-corrected chi connectivity index (χ2v) is 5.61. The van der Waals surface area contributed by atoms with Crippen LogP contribution in [0.2, 0.25) is 0 Å². The number of hydrogen-bond donors (Lipinski definition) is 2. The highest BCUT2D eigenvalue weighted by atomic mass is 79.9. The van der Waals surface area contributed by atoms with Crippen LogP contribution in [0.5, 0.6) is 0 Å². The summed E-state index contributed by atoms with van der Waals surface area (Å²) in [7, 11) is 1.86. The van der Waals surface area contributed by atoms with Gasteiger partial charge in [-0.1, -0.05) is 35.0 Å². The SMILES string of the molecule is CNCC(C)C(=O)NC(C)Cc1ccc(Br)cc1. The van der Waals surface area contributed by atoms with Crippen molar-refractivity contribution in [3.8, 4) is 0 Å². The average Bonchev–Trinajstić information content (AvgIpc) is 2.32. The van der Waals surface area contributed by atoms with Crippen molar-refractivity contribution in [1.82, 2.24) is 10.6 Å². The maximum atomic E-state index is 11.8. The van der Waals surface area contributed by atoms with Crippen molar-refractivity contribution in [1.29, 1.82) is 0 Å². The van der Waals surface area contributed by atoms with Crippen LogP contribution in [0.1, 0.15) is 19.4 Å². The molecule has 4 heteroatoms. The van der Waals surface area contributed by atoms with E-state index in [0.717, 1.165) is 10.9 Å². The minimum absolute atomic E-state index is 0.00219. The number of nitrogens with one attached hydrogen (secondary N) is 2. The molecule has 3 nitrogen and oxygen atoms in total. The molecule has 0 fully saturated rings. The van der Waals surface area contributed by atoms with E-state index in [9.17, 15) is 4.79 Å². The fourth-order valence-corrected chi connectivity index (χ4v) is 2.07. The van der Waals surface area contributed by atoms with Crippen molar-refractivity contribution in [2.75, 3.05) is 13.6 Å². The molecule has 0 bridgehead atoms. The fourth-order valence-electron chi connectivity index (χ4n) is 1.81. The van der Waals surface area contributed by atoms with Gasteiger partial charge in [0.05, 0.1) is 0 Å². The predicted molar refractivity (Wildman–Crippen MR) is 78.5 cm³/mol. The van der Waals surface area contributed by atoms with Crippen LogP contribution in [0, 0.1) is 5.92 Å². The molecule has 2 unspecified atom stereocenters. The minimum atomic E-state index is 0.00219. The zero-order chi connectivity index (χ0) is 13.5. The summed E-state index contributed by atoms with van der Waals surface area (Å²) in [5, 5.41) is 6.05. The molecule has 0 spiro atoms. The monoisotopic (exact) mass is 312 g/mol. The molecule has 0 saturated heterocycles. The molecule has 1 aromatic carbocycles. The third kappa shape index (κ3) is 5.19. The molecule has 0 radical (unpaired) electrons. The van der Waals surface area contributed by atoms with E-state index in [4.69, 9.17) is 0 Å². The molecule has 0 aliphatic rings. The number of carbonyl (C=O) groups is 1. The Morgan fingerprint density at radius 3 is 2.44 bits per heavy atom. The highest BCUT2D eigenvalue weighted by molar-refractivity contribution is 9.10. The van der Waals surface area contributed by atoms with E-state index in [1.165, 1.54) is 5.56 Å². The van der Waals surface area contributed by atoms with Crippen molar-refractivity contribution < 1.29 is 4.79 Å². The van der Waals surface area contributed by atoms with E-state index in [1.807, 2.05) is 33.0 Å². The minimum Gasteiger partial charge on any atom is -0.353 e. The number of halogens is 1. The van der Waals surface area contributed by atoms with Gasteiger partial charge in [0.1, 0.15) is 0 Å². The van der Waals surface area contributed by atoms with Crippen molar-refractivity contribution in [3.63, 3.8) is 0 Å². The number of hydrogen-bond acceptors (Lipinski definition) is 2. The van der Waals surface area contributed by atoms with Gasteiger partial charge in [-0.05, 0) is 38.1 Å². The second-order valence-electron chi connectivity index (χ2n) is 4.70. The first-order valence-corrected chi connectivity index (χ1v) is 7.01. The van der Waals surface area contributed by atoms with Gasteiger partial charge in [-0.25, -0.2) is 0 Å². The van der Waals surface area contributed by atoms with Gasteiger partial charge in [0.2, 0.25) is 5.91 Å². The van der Waals surface area contributed by atoms with E-state index in [0.29, 0.717) is 6.54 Å². The molecule has 0 aliphatic carbocycles. The molecular weight excluding hydrogens is 292 g/mol. The predicted octanol–water partition coefficient (Wildman–Crippen LogP) is 2.35. The summed E-state index contributed by atoms with van der Waals surface area (Å²) in [5.74, 6) is 0.108. The van der Waals surface area contributed by atoms with Crippen molar-refractivity contribution in [2.45, 2.75) is 26.3 Å². The fraction of sp³-hybridized carbons (Fsp3) is 0.500. The van der Waals surface area contributed by atoms with Crippen LogP contribution < -0.4 is 10.6 Å². The van der Waals surface area contributed by atoms with Gasteiger partial charge < -0.3 is 10.6 Å². The molecular formula is C14H21BrN2O. The first kappa shape index (κ1) is 15.2. The van der Waals surface area contributed by atoms with Crippen LogP contribution in [-0.4, -0.2) is 25.5 Å². The van der Waals surface area contributed by atoms with Crippen molar-refractivity contribution in [3.05, 3.63) is 34.3 Å².